The van der Waals surface area contributed by atoms with E-state index in [0.29, 0.717) is 5.15 Å². The number of rotatable bonds is 6. The molecule has 1 aromatic carbocycles. The predicted octanol–water partition coefficient (Wildman–Crippen LogP) is 3.22. The summed E-state index contributed by atoms with van der Waals surface area (Å²) in [6, 6.07) is 10.4. The smallest absolute Gasteiger partial charge is 0.132 e. The van der Waals surface area contributed by atoms with E-state index >= 15 is 0 Å². The molecule has 0 aliphatic heterocycles. The second-order valence-electron chi connectivity index (χ2n) is 4.54. The summed E-state index contributed by atoms with van der Waals surface area (Å²) in [6.07, 6.45) is 2.79. The van der Waals surface area contributed by atoms with Gasteiger partial charge in [-0.25, -0.2) is 0 Å². The molecule has 0 saturated heterocycles. The zero-order valence-corrected chi connectivity index (χ0v) is 11.9. The van der Waals surface area contributed by atoms with Crippen molar-refractivity contribution in [1.82, 2.24) is 9.78 Å². The van der Waals surface area contributed by atoms with E-state index in [1.54, 1.807) is 4.68 Å². The van der Waals surface area contributed by atoms with Crippen LogP contribution in [0.5, 0.6) is 0 Å². The predicted molar refractivity (Wildman–Crippen MR) is 77.3 cm³/mol. The van der Waals surface area contributed by atoms with Crippen molar-refractivity contribution >= 4 is 11.6 Å². The molecule has 0 atom stereocenters. The zero-order chi connectivity index (χ0) is 13.7. The second kappa shape index (κ2) is 6.73. The van der Waals surface area contributed by atoms with Gasteiger partial charge in [0.25, 0.3) is 0 Å². The van der Waals surface area contributed by atoms with Gasteiger partial charge in [-0.15, -0.1) is 0 Å². The van der Waals surface area contributed by atoms with E-state index in [9.17, 15) is 5.11 Å². The average molecular weight is 279 g/mol. The van der Waals surface area contributed by atoms with E-state index in [2.05, 4.69) is 29.4 Å². The van der Waals surface area contributed by atoms with E-state index in [4.69, 9.17) is 11.6 Å². The molecular weight excluding hydrogens is 260 g/mol. The molecule has 1 heterocycles. The van der Waals surface area contributed by atoms with Crippen LogP contribution < -0.4 is 0 Å². The van der Waals surface area contributed by atoms with Gasteiger partial charge in [0.05, 0.1) is 12.3 Å². The minimum Gasteiger partial charge on any atom is -0.391 e. The average Bonchev–Trinajstić information content (AvgIpc) is 2.76. The fourth-order valence-electron chi connectivity index (χ4n) is 2.19. The number of aliphatic hydroxyl groups is 1. The van der Waals surface area contributed by atoms with Gasteiger partial charge in [-0.05, 0) is 24.8 Å². The molecule has 0 amide bonds. The molecule has 1 N–H and O–H groups in total. The van der Waals surface area contributed by atoms with Crippen molar-refractivity contribution in [3.05, 3.63) is 52.3 Å². The molecule has 0 aliphatic rings. The molecule has 0 saturated carbocycles. The summed E-state index contributed by atoms with van der Waals surface area (Å²) < 4.78 is 1.80. The number of nitrogens with zero attached hydrogens (tertiary/aromatic N) is 2. The van der Waals surface area contributed by atoms with E-state index in [1.807, 2.05) is 13.0 Å². The van der Waals surface area contributed by atoms with E-state index in [0.717, 1.165) is 37.1 Å². The third-order valence-corrected chi connectivity index (χ3v) is 3.66. The normalized spacial score (nSPS) is 10.9. The Morgan fingerprint density at radius 3 is 2.58 bits per heavy atom. The summed E-state index contributed by atoms with van der Waals surface area (Å²) in [4.78, 5) is 0. The van der Waals surface area contributed by atoms with Crippen LogP contribution in [-0.2, 0) is 26.0 Å². The van der Waals surface area contributed by atoms with Crippen molar-refractivity contribution in [2.45, 2.75) is 39.3 Å². The molecule has 0 unspecified atom stereocenters. The van der Waals surface area contributed by atoms with Crippen LogP contribution in [-0.4, -0.2) is 14.9 Å². The lowest BCUT2D eigenvalue weighted by molar-refractivity contribution is 0.280. The van der Waals surface area contributed by atoms with Crippen LogP contribution in [0.3, 0.4) is 0 Å². The molecular formula is C15H19ClN2O. The second-order valence-corrected chi connectivity index (χ2v) is 4.90. The summed E-state index contributed by atoms with van der Waals surface area (Å²) in [5.74, 6) is 0. The number of hydrogen-bond acceptors (Lipinski definition) is 2. The van der Waals surface area contributed by atoms with Gasteiger partial charge in [0.2, 0.25) is 0 Å². The van der Waals surface area contributed by atoms with Gasteiger partial charge in [0.1, 0.15) is 5.15 Å². The van der Waals surface area contributed by atoms with Gasteiger partial charge in [0, 0.05) is 12.1 Å². The molecule has 0 spiro atoms. The summed E-state index contributed by atoms with van der Waals surface area (Å²) in [6.45, 7) is 2.76. The molecule has 19 heavy (non-hydrogen) atoms. The van der Waals surface area contributed by atoms with Gasteiger partial charge in [0.15, 0.2) is 0 Å². The molecule has 2 rings (SSSR count). The van der Waals surface area contributed by atoms with Crippen LogP contribution in [0.1, 0.15) is 30.2 Å². The van der Waals surface area contributed by atoms with E-state index < -0.39 is 0 Å². The van der Waals surface area contributed by atoms with E-state index in [-0.39, 0.29) is 6.61 Å². The van der Waals surface area contributed by atoms with Crippen LogP contribution in [0.15, 0.2) is 30.3 Å². The Morgan fingerprint density at radius 1 is 1.26 bits per heavy atom. The molecule has 0 bridgehead atoms. The topological polar surface area (TPSA) is 38.0 Å². The fourth-order valence-corrected chi connectivity index (χ4v) is 2.48. The molecule has 102 valence electrons. The van der Waals surface area contributed by atoms with Crippen LogP contribution in [0.2, 0.25) is 5.15 Å². The molecule has 2 aromatic rings. The number of hydrogen-bond donors (Lipinski definition) is 1. The highest BCUT2D eigenvalue weighted by molar-refractivity contribution is 6.30. The molecule has 1 aromatic heterocycles. The van der Waals surface area contributed by atoms with Crippen molar-refractivity contribution < 1.29 is 5.11 Å². The van der Waals surface area contributed by atoms with Crippen LogP contribution in [0, 0.1) is 0 Å². The molecule has 0 fully saturated rings. The Labute approximate surface area is 118 Å². The first kappa shape index (κ1) is 14.1. The molecule has 4 heteroatoms. The maximum Gasteiger partial charge on any atom is 0.132 e. The number of halogens is 1. The first-order valence-corrected chi connectivity index (χ1v) is 7.03. The van der Waals surface area contributed by atoms with Crippen LogP contribution in [0.4, 0.5) is 0 Å². The highest BCUT2D eigenvalue weighted by atomic mass is 35.5. The van der Waals surface area contributed by atoms with Crippen molar-refractivity contribution in [2.24, 2.45) is 0 Å². The van der Waals surface area contributed by atoms with Gasteiger partial charge in [-0.3, -0.25) is 4.68 Å². The summed E-state index contributed by atoms with van der Waals surface area (Å²) in [5.41, 5.74) is 2.99. The Kier molecular flexibility index (Phi) is 5.00. The Balaban J connectivity index is 1.98. The lowest BCUT2D eigenvalue weighted by Gasteiger charge is -2.04. The maximum atomic E-state index is 9.31. The van der Waals surface area contributed by atoms with Gasteiger partial charge >= 0.3 is 0 Å². The lowest BCUT2D eigenvalue weighted by atomic mass is 10.1. The summed E-state index contributed by atoms with van der Waals surface area (Å²) in [7, 11) is 0. The quantitative estimate of drug-likeness (QED) is 0.881. The SMILES string of the molecule is CCc1nn(CCCc2ccccc2)c(Cl)c1CO. The monoisotopic (exact) mass is 278 g/mol. The third kappa shape index (κ3) is 3.37. The standard InChI is InChI=1S/C15H19ClN2O/c1-2-14-13(11-19)15(16)18(17-14)10-6-9-12-7-4-3-5-8-12/h3-5,7-8,19H,2,6,9-11H2,1H3. The molecule has 0 aliphatic carbocycles. The van der Waals surface area contributed by atoms with Crippen molar-refractivity contribution in [3.8, 4) is 0 Å². The molecule has 0 radical (unpaired) electrons. The summed E-state index contributed by atoms with van der Waals surface area (Å²) >= 11 is 6.23. The minimum atomic E-state index is -0.0410. The minimum absolute atomic E-state index is 0.0410. The Morgan fingerprint density at radius 2 is 2.00 bits per heavy atom. The lowest BCUT2D eigenvalue weighted by Crippen LogP contribution is -2.02. The van der Waals surface area contributed by atoms with Crippen LogP contribution >= 0.6 is 11.6 Å². The van der Waals surface area contributed by atoms with Gasteiger partial charge in [-0.1, -0.05) is 48.9 Å². The van der Waals surface area contributed by atoms with E-state index in [1.165, 1.54) is 5.56 Å². The highest BCUT2D eigenvalue weighted by Gasteiger charge is 2.13. The van der Waals surface area contributed by atoms with Crippen molar-refractivity contribution in [1.29, 1.82) is 0 Å². The summed E-state index contributed by atoms with van der Waals surface area (Å²) in [5, 5.41) is 14.3. The first-order valence-electron chi connectivity index (χ1n) is 6.65. The Hall–Kier alpha value is -1.32. The zero-order valence-electron chi connectivity index (χ0n) is 11.1. The van der Waals surface area contributed by atoms with Gasteiger partial charge < -0.3 is 5.11 Å². The first-order chi connectivity index (χ1) is 9.26. The van der Waals surface area contributed by atoms with Crippen molar-refractivity contribution in [3.63, 3.8) is 0 Å². The largest absolute Gasteiger partial charge is 0.391 e. The fraction of sp³-hybridized carbons (Fsp3) is 0.400. The van der Waals surface area contributed by atoms with Gasteiger partial charge in [-0.2, -0.15) is 5.10 Å². The number of aromatic nitrogens is 2. The van der Waals surface area contributed by atoms with Crippen molar-refractivity contribution in [2.75, 3.05) is 0 Å². The number of aryl methyl sites for hydroxylation is 3. The highest BCUT2D eigenvalue weighted by Crippen LogP contribution is 2.21. The van der Waals surface area contributed by atoms with Crippen LogP contribution in [0.25, 0.3) is 0 Å². The molecule has 3 nitrogen and oxygen atoms in total. The number of aliphatic hydroxyl groups excluding tert-OH is 1. The maximum absolute atomic E-state index is 9.31. The number of benzene rings is 1. The third-order valence-electron chi connectivity index (χ3n) is 3.24. The Bertz CT molecular complexity index is 522.